The molecule has 0 unspecified atom stereocenters. The molecule has 0 amide bonds. The first-order chi connectivity index (χ1) is 4.71. The lowest BCUT2D eigenvalue weighted by Gasteiger charge is -2.19. The summed E-state index contributed by atoms with van der Waals surface area (Å²) in [5.41, 5.74) is 5.33. The molecule has 0 saturated carbocycles. The fourth-order valence-corrected chi connectivity index (χ4v) is 1.06. The average Bonchev–Trinajstić information content (AvgIpc) is 1.55. The van der Waals surface area contributed by atoms with Crippen LogP contribution in [0.1, 0.15) is 13.8 Å². The normalized spacial score (nSPS) is 13.5. The maximum atomic E-state index is 11.1. The van der Waals surface area contributed by atoms with Crippen LogP contribution in [0.25, 0.3) is 0 Å². The first kappa shape index (κ1) is 11.2. The maximum Gasteiger partial charge on any atom is 0.106 e. The van der Waals surface area contributed by atoms with E-state index in [9.17, 15) is 4.57 Å². The van der Waals surface area contributed by atoms with E-state index in [0.29, 0.717) is 13.0 Å². The summed E-state index contributed by atoms with van der Waals surface area (Å²) in [6.45, 7) is 7.62. The number of hydrogen-bond acceptors (Lipinski definition) is 3. The number of rotatable bonds is 4. The minimum atomic E-state index is -2.03. The van der Waals surface area contributed by atoms with Crippen molar-refractivity contribution in [1.82, 2.24) is 0 Å². The van der Waals surface area contributed by atoms with Crippen LogP contribution in [-0.4, -0.2) is 31.8 Å². The van der Waals surface area contributed by atoms with Crippen LogP contribution in [0.15, 0.2) is 0 Å². The van der Waals surface area contributed by atoms with Crippen LogP contribution in [0, 0.1) is 0 Å². The van der Waals surface area contributed by atoms with Crippen molar-refractivity contribution in [3.05, 3.63) is 0 Å². The van der Waals surface area contributed by atoms with E-state index in [1.165, 1.54) is 0 Å². The van der Waals surface area contributed by atoms with Gasteiger partial charge in [0, 0.05) is 5.54 Å². The van der Waals surface area contributed by atoms with Gasteiger partial charge in [-0.25, -0.2) is 0 Å². The van der Waals surface area contributed by atoms with Gasteiger partial charge in [0.15, 0.2) is 0 Å². The Hall–Kier alpha value is 0.150. The van der Waals surface area contributed by atoms with Crippen molar-refractivity contribution in [2.75, 3.05) is 26.3 Å². The Morgan fingerprint density at radius 2 is 1.91 bits per heavy atom. The first-order valence-corrected chi connectivity index (χ1v) is 6.40. The minimum Gasteiger partial charge on any atom is -0.372 e. The van der Waals surface area contributed by atoms with E-state index in [4.69, 9.17) is 10.5 Å². The van der Waals surface area contributed by atoms with Gasteiger partial charge in [-0.3, -0.25) is 0 Å². The van der Waals surface area contributed by atoms with Gasteiger partial charge in [-0.05, 0) is 27.2 Å². The van der Waals surface area contributed by atoms with Crippen molar-refractivity contribution in [2.24, 2.45) is 5.73 Å². The molecule has 0 aromatic rings. The van der Waals surface area contributed by atoms with Gasteiger partial charge in [-0.15, -0.1) is 0 Å². The third-order valence-corrected chi connectivity index (χ3v) is 1.68. The third kappa shape index (κ3) is 10.2. The summed E-state index contributed by atoms with van der Waals surface area (Å²) < 4.78 is 16.3. The summed E-state index contributed by atoms with van der Waals surface area (Å²) in [6, 6.07) is 0. The van der Waals surface area contributed by atoms with Crippen LogP contribution in [0.5, 0.6) is 0 Å². The second-order valence-corrected chi connectivity index (χ2v) is 7.45. The summed E-state index contributed by atoms with van der Waals surface area (Å²) in [5.74, 6) is 0. The Balaban J connectivity index is 3.52. The highest BCUT2D eigenvalue weighted by Gasteiger charge is 2.13. The molecule has 0 bridgehead atoms. The highest BCUT2D eigenvalue weighted by atomic mass is 31.2. The Morgan fingerprint density at radius 1 is 1.45 bits per heavy atom. The second kappa shape index (κ2) is 3.70. The first-order valence-electron chi connectivity index (χ1n) is 3.61. The smallest absolute Gasteiger partial charge is 0.106 e. The SMILES string of the molecule is CC(C)(N)COCP(C)(C)=O. The van der Waals surface area contributed by atoms with Crippen LogP contribution in [0.2, 0.25) is 0 Å². The van der Waals surface area contributed by atoms with Gasteiger partial charge in [0.05, 0.1) is 13.0 Å². The van der Waals surface area contributed by atoms with Crippen molar-refractivity contribution in [1.29, 1.82) is 0 Å². The number of nitrogens with two attached hydrogens (primary N) is 1. The molecule has 0 atom stereocenters. The summed E-state index contributed by atoms with van der Waals surface area (Å²) >= 11 is 0. The van der Waals surface area contributed by atoms with Crippen molar-refractivity contribution in [3.63, 3.8) is 0 Å². The zero-order valence-electron chi connectivity index (χ0n) is 7.76. The quantitative estimate of drug-likeness (QED) is 0.662. The largest absolute Gasteiger partial charge is 0.372 e. The van der Waals surface area contributed by atoms with Gasteiger partial charge in [0.1, 0.15) is 7.14 Å². The molecule has 4 heteroatoms. The van der Waals surface area contributed by atoms with Crippen LogP contribution >= 0.6 is 7.14 Å². The second-order valence-electron chi connectivity index (χ2n) is 4.04. The van der Waals surface area contributed by atoms with Gasteiger partial charge in [-0.2, -0.15) is 0 Å². The van der Waals surface area contributed by atoms with Gasteiger partial charge in [-0.1, -0.05) is 0 Å². The van der Waals surface area contributed by atoms with Crippen LogP contribution in [0.3, 0.4) is 0 Å². The van der Waals surface area contributed by atoms with Crippen molar-refractivity contribution in [2.45, 2.75) is 19.4 Å². The molecule has 0 rings (SSSR count). The molecule has 0 aliphatic heterocycles. The molecule has 11 heavy (non-hydrogen) atoms. The lowest BCUT2D eigenvalue weighted by molar-refractivity contribution is 0.132. The van der Waals surface area contributed by atoms with Gasteiger partial charge in [0.2, 0.25) is 0 Å². The number of hydrogen-bond donors (Lipinski definition) is 1. The van der Waals surface area contributed by atoms with E-state index in [-0.39, 0.29) is 5.54 Å². The van der Waals surface area contributed by atoms with E-state index in [1.54, 1.807) is 13.3 Å². The zero-order chi connectivity index (χ0) is 9.12. The molecule has 0 spiro atoms. The summed E-state index contributed by atoms with van der Waals surface area (Å²) in [7, 11) is -2.03. The third-order valence-electron chi connectivity index (χ3n) is 0.876. The molecule has 0 aromatic carbocycles. The molecule has 68 valence electrons. The van der Waals surface area contributed by atoms with Gasteiger partial charge >= 0.3 is 0 Å². The average molecular weight is 179 g/mol. The maximum absolute atomic E-state index is 11.1. The van der Waals surface area contributed by atoms with Crippen molar-refractivity contribution in [3.8, 4) is 0 Å². The monoisotopic (exact) mass is 179 g/mol. The lowest BCUT2D eigenvalue weighted by atomic mass is 10.1. The molecular formula is C7H18NO2P. The molecule has 0 radical (unpaired) electrons. The lowest BCUT2D eigenvalue weighted by Crippen LogP contribution is -2.37. The highest BCUT2D eigenvalue weighted by Crippen LogP contribution is 2.35. The fourth-order valence-electron chi connectivity index (χ4n) is 0.529. The van der Waals surface area contributed by atoms with E-state index in [2.05, 4.69) is 0 Å². The molecule has 2 N–H and O–H groups in total. The van der Waals surface area contributed by atoms with Crippen LogP contribution in [-0.2, 0) is 9.30 Å². The van der Waals surface area contributed by atoms with Crippen LogP contribution < -0.4 is 5.73 Å². The predicted octanol–water partition coefficient (Wildman–Crippen LogP) is 1.32. The van der Waals surface area contributed by atoms with Crippen molar-refractivity contribution < 1.29 is 9.30 Å². The van der Waals surface area contributed by atoms with Crippen LogP contribution in [0.4, 0.5) is 0 Å². The van der Waals surface area contributed by atoms with E-state index >= 15 is 0 Å². The summed E-state index contributed by atoms with van der Waals surface area (Å²) in [6.07, 6.45) is 0.327. The molecular weight excluding hydrogens is 161 g/mol. The topological polar surface area (TPSA) is 52.3 Å². The molecule has 0 aliphatic rings. The summed E-state index contributed by atoms with van der Waals surface area (Å²) in [5, 5.41) is 0. The number of ether oxygens (including phenoxy) is 1. The Labute approximate surface area is 68.7 Å². The Kier molecular flexibility index (Phi) is 3.75. The predicted molar refractivity (Wildman–Crippen MR) is 48.5 cm³/mol. The minimum absolute atomic E-state index is 0.324. The van der Waals surface area contributed by atoms with Gasteiger partial charge in [0.25, 0.3) is 0 Å². The standard InChI is InChI=1S/C7H18NO2P/c1-7(2,8)5-10-6-11(3,4)9/h5-6,8H2,1-4H3. The molecule has 0 saturated heterocycles. The molecule has 0 aliphatic carbocycles. The van der Waals surface area contributed by atoms with E-state index < -0.39 is 7.14 Å². The molecule has 3 nitrogen and oxygen atoms in total. The van der Waals surface area contributed by atoms with Crippen molar-refractivity contribution >= 4 is 7.14 Å². The Morgan fingerprint density at radius 3 is 2.18 bits per heavy atom. The van der Waals surface area contributed by atoms with E-state index in [1.807, 2.05) is 13.8 Å². The summed E-state index contributed by atoms with van der Waals surface area (Å²) in [4.78, 5) is 0. The van der Waals surface area contributed by atoms with Gasteiger partial charge < -0.3 is 15.0 Å². The highest BCUT2D eigenvalue weighted by molar-refractivity contribution is 7.62. The Bertz CT molecular complexity index is 156. The fraction of sp³-hybridized carbons (Fsp3) is 1.00. The van der Waals surface area contributed by atoms with E-state index in [0.717, 1.165) is 0 Å². The molecule has 0 aromatic heterocycles. The zero-order valence-corrected chi connectivity index (χ0v) is 8.65. The molecule has 0 heterocycles. The molecule has 0 fully saturated rings.